The van der Waals surface area contributed by atoms with Gasteiger partial charge >= 0.3 is 5.69 Å². The number of imidazole rings is 1. The highest BCUT2D eigenvalue weighted by Gasteiger charge is 2.43. The van der Waals surface area contributed by atoms with Gasteiger partial charge in [-0.1, -0.05) is 12.1 Å². The zero-order valence-electron chi connectivity index (χ0n) is 15.7. The standard InChI is InChI=1S/C20H21N5O3/c1-11(22)16(12(2)26)13-6-7-14-17-18(13)28-10-20(9-21,25(17)19(27)24-14)15-5-3-4-8-23-15/h3-8,16,22H,9-10,21H2,1-2H3,(H,24,27). The molecule has 4 rings (SSSR count). The quantitative estimate of drug-likeness (QED) is 0.580. The fourth-order valence-corrected chi connectivity index (χ4v) is 4.06. The smallest absolute Gasteiger partial charge is 0.327 e. The molecule has 2 atom stereocenters. The molecule has 0 radical (unpaired) electrons. The highest BCUT2D eigenvalue weighted by molar-refractivity contribution is 6.08. The fourth-order valence-electron chi connectivity index (χ4n) is 4.06. The van der Waals surface area contributed by atoms with Gasteiger partial charge in [0.2, 0.25) is 0 Å². The van der Waals surface area contributed by atoms with E-state index < -0.39 is 11.5 Å². The number of ether oxygens (including phenoxy) is 1. The summed E-state index contributed by atoms with van der Waals surface area (Å²) in [5, 5.41) is 8.04. The molecule has 2 aromatic heterocycles. The largest absolute Gasteiger partial charge is 0.488 e. The van der Waals surface area contributed by atoms with Crippen LogP contribution in [0, 0.1) is 5.41 Å². The monoisotopic (exact) mass is 379 g/mol. The van der Waals surface area contributed by atoms with Crippen LogP contribution in [0.25, 0.3) is 11.0 Å². The fraction of sp³-hybridized carbons (Fsp3) is 0.300. The van der Waals surface area contributed by atoms with Crippen LogP contribution >= 0.6 is 0 Å². The number of ketones is 1. The summed E-state index contributed by atoms with van der Waals surface area (Å²) in [7, 11) is 0. The van der Waals surface area contributed by atoms with Crippen LogP contribution in [0.3, 0.4) is 0 Å². The Balaban J connectivity index is 2.06. The van der Waals surface area contributed by atoms with Crippen molar-refractivity contribution in [2.75, 3.05) is 13.2 Å². The third-order valence-corrected chi connectivity index (χ3v) is 5.34. The third kappa shape index (κ3) is 2.41. The van der Waals surface area contributed by atoms with E-state index in [1.807, 2.05) is 12.1 Å². The van der Waals surface area contributed by atoms with Gasteiger partial charge in [0, 0.05) is 24.0 Å². The Morgan fingerprint density at radius 2 is 2.18 bits per heavy atom. The van der Waals surface area contributed by atoms with E-state index in [-0.39, 0.29) is 30.3 Å². The number of hydrogen-bond acceptors (Lipinski definition) is 6. The van der Waals surface area contributed by atoms with Crippen molar-refractivity contribution >= 4 is 22.5 Å². The molecule has 0 saturated carbocycles. The van der Waals surface area contributed by atoms with E-state index in [4.69, 9.17) is 15.9 Å². The second-order valence-electron chi connectivity index (χ2n) is 7.11. The van der Waals surface area contributed by atoms with Crippen LogP contribution in [-0.4, -0.2) is 39.2 Å². The molecule has 3 heterocycles. The number of hydrogen-bond donors (Lipinski definition) is 3. The van der Waals surface area contributed by atoms with Crippen LogP contribution in [0.15, 0.2) is 41.3 Å². The van der Waals surface area contributed by atoms with Gasteiger partial charge in [0.05, 0.1) is 17.1 Å². The average molecular weight is 379 g/mol. The highest BCUT2D eigenvalue weighted by Crippen LogP contribution is 2.41. The highest BCUT2D eigenvalue weighted by atomic mass is 16.5. The van der Waals surface area contributed by atoms with E-state index in [1.165, 1.54) is 6.92 Å². The first-order valence-electron chi connectivity index (χ1n) is 8.98. The number of Topliss-reactive ketones (excluding diaryl/α,β-unsaturated/α-hetero) is 1. The SMILES string of the molecule is CC(=N)C(C(C)=O)c1ccc2[nH]c(=O)n3c2c1OCC3(CN)c1ccccn1. The Morgan fingerprint density at radius 3 is 2.79 bits per heavy atom. The molecule has 4 N–H and O–H groups in total. The van der Waals surface area contributed by atoms with Gasteiger partial charge in [0.25, 0.3) is 0 Å². The number of pyridine rings is 1. The lowest BCUT2D eigenvalue weighted by atomic mass is 9.88. The summed E-state index contributed by atoms with van der Waals surface area (Å²) in [5.74, 6) is -0.447. The number of nitrogens with zero attached hydrogens (tertiary/aromatic N) is 2. The minimum atomic E-state index is -0.965. The molecule has 0 saturated heterocycles. The van der Waals surface area contributed by atoms with E-state index in [1.54, 1.807) is 35.9 Å². The zero-order valence-corrected chi connectivity index (χ0v) is 15.7. The molecule has 0 amide bonds. The van der Waals surface area contributed by atoms with Gasteiger partial charge in [0.1, 0.15) is 29.2 Å². The molecular weight excluding hydrogens is 358 g/mol. The van der Waals surface area contributed by atoms with Crippen molar-refractivity contribution in [1.29, 1.82) is 5.41 Å². The molecule has 2 unspecified atom stereocenters. The molecule has 3 aromatic rings. The van der Waals surface area contributed by atoms with Gasteiger partial charge in [-0.3, -0.25) is 14.3 Å². The Labute approximate surface area is 160 Å². The topological polar surface area (TPSA) is 127 Å². The zero-order chi connectivity index (χ0) is 20.1. The summed E-state index contributed by atoms with van der Waals surface area (Å²) < 4.78 is 7.72. The summed E-state index contributed by atoms with van der Waals surface area (Å²) in [6, 6.07) is 8.92. The van der Waals surface area contributed by atoms with E-state index in [9.17, 15) is 9.59 Å². The second kappa shape index (κ2) is 6.42. The van der Waals surface area contributed by atoms with E-state index in [0.29, 0.717) is 28.0 Å². The van der Waals surface area contributed by atoms with Gasteiger partial charge < -0.3 is 20.9 Å². The van der Waals surface area contributed by atoms with Gasteiger partial charge in [0.15, 0.2) is 0 Å². The van der Waals surface area contributed by atoms with Crippen molar-refractivity contribution in [3.8, 4) is 5.75 Å². The summed E-state index contributed by atoms with van der Waals surface area (Å²) >= 11 is 0. The molecular formula is C20H21N5O3. The van der Waals surface area contributed by atoms with Gasteiger partial charge in [-0.15, -0.1) is 0 Å². The number of benzene rings is 1. The molecule has 144 valence electrons. The molecule has 0 aliphatic carbocycles. The first-order chi connectivity index (χ1) is 13.4. The Kier molecular flexibility index (Phi) is 4.15. The second-order valence-corrected chi connectivity index (χ2v) is 7.11. The molecule has 0 spiro atoms. The van der Waals surface area contributed by atoms with Crippen molar-refractivity contribution in [2.45, 2.75) is 25.3 Å². The lowest BCUT2D eigenvalue weighted by Crippen LogP contribution is -2.53. The molecule has 0 fully saturated rings. The number of nitrogens with two attached hydrogens (primary N) is 1. The first-order valence-corrected chi connectivity index (χ1v) is 8.98. The Bertz CT molecular complexity index is 1130. The Hall–Kier alpha value is -3.26. The molecule has 1 aliphatic rings. The maximum atomic E-state index is 12.9. The van der Waals surface area contributed by atoms with Crippen molar-refractivity contribution < 1.29 is 9.53 Å². The van der Waals surface area contributed by atoms with Crippen LogP contribution < -0.4 is 16.2 Å². The number of carbonyl (C=O) groups is 1. The molecule has 0 bridgehead atoms. The summed E-state index contributed by atoms with van der Waals surface area (Å²) in [4.78, 5) is 32.4. The minimum Gasteiger partial charge on any atom is -0.488 e. The van der Waals surface area contributed by atoms with Crippen molar-refractivity contribution in [1.82, 2.24) is 14.5 Å². The maximum absolute atomic E-state index is 12.9. The molecule has 8 nitrogen and oxygen atoms in total. The molecule has 28 heavy (non-hydrogen) atoms. The van der Waals surface area contributed by atoms with Crippen LogP contribution in [0.5, 0.6) is 5.75 Å². The molecule has 1 aromatic carbocycles. The predicted molar refractivity (Wildman–Crippen MR) is 105 cm³/mol. The third-order valence-electron chi connectivity index (χ3n) is 5.34. The summed E-state index contributed by atoms with van der Waals surface area (Å²) in [6.45, 7) is 3.25. The number of aromatic amines is 1. The number of rotatable bonds is 5. The first kappa shape index (κ1) is 18.1. The van der Waals surface area contributed by atoms with Crippen LogP contribution in [-0.2, 0) is 10.3 Å². The van der Waals surface area contributed by atoms with Crippen molar-refractivity contribution in [2.24, 2.45) is 5.73 Å². The maximum Gasteiger partial charge on any atom is 0.327 e. The number of carbonyl (C=O) groups excluding carboxylic acids is 1. The number of H-pyrrole nitrogens is 1. The molecule has 1 aliphatic heterocycles. The van der Waals surface area contributed by atoms with Gasteiger partial charge in [-0.2, -0.15) is 0 Å². The average Bonchev–Trinajstić information content (AvgIpc) is 3.02. The van der Waals surface area contributed by atoms with E-state index >= 15 is 0 Å². The van der Waals surface area contributed by atoms with Crippen molar-refractivity contribution in [3.05, 3.63) is 58.3 Å². The van der Waals surface area contributed by atoms with Crippen molar-refractivity contribution in [3.63, 3.8) is 0 Å². The van der Waals surface area contributed by atoms with Crippen LogP contribution in [0.4, 0.5) is 0 Å². The number of aromatic nitrogens is 3. The lowest BCUT2D eigenvalue weighted by Gasteiger charge is -2.37. The molecule has 8 heteroatoms. The number of nitrogens with one attached hydrogen (secondary N) is 2. The van der Waals surface area contributed by atoms with Crippen LogP contribution in [0.1, 0.15) is 31.0 Å². The minimum absolute atomic E-state index is 0.0963. The normalized spacial score (nSPS) is 19.2. The predicted octanol–water partition coefficient (Wildman–Crippen LogP) is 1.53. The van der Waals surface area contributed by atoms with E-state index in [2.05, 4.69) is 9.97 Å². The Morgan fingerprint density at radius 1 is 1.39 bits per heavy atom. The van der Waals surface area contributed by atoms with E-state index in [0.717, 1.165) is 0 Å². The van der Waals surface area contributed by atoms with Gasteiger partial charge in [-0.05, 0) is 32.0 Å². The lowest BCUT2D eigenvalue weighted by molar-refractivity contribution is -0.117. The summed E-state index contributed by atoms with van der Waals surface area (Å²) in [5.41, 5.74) is 7.40. The van der Waals surface area contributed by atoms with Crippen LogP contribution in [0.2, 0.25) is 0 Å². The summed E-state index contributed by atoms with van der Waals surface area (Å²) in [6.07, 6.45) is 1.65. The van der Waals surface area contributed by atoms with Gasteiger partial charge in [-0.25, -0.2) is 4.79 Å².